The third kappa shape index (κ3) is 5.26. The summed E-state index contributed by atoms with van der Waals surface area (Å²) in [5.41, 5.74) is 4.97. The van der Waals surface area contributed by atoms with Gasteiger partial charge in [0.05, 0.1) is 11.6 Å². The first kappa shape index (κ1) is 22.6. The van der Waals surface area contributed by atoms with Gasteiger partial charge in [-0.2, -0.15) is 5.26 Å². The molecule has 1 aliphatic heterocycles. The number of nitrogens with zero attached hydrogens (tertiary/aromatic N) is 2. The second kappa shape index (κ2) is 9.11. The molecule has 168 valence electrons. The van der Waals surface area contributed by atoms with Gasteiger partial charge < -0.3 is 9.64 Å². The lowest BCUT2D eigenvalue weighted by atomic mass is 9.87. The van der Waals surface area contributed by atoms with Gasteiger partial charge in [0.1, 0.15) is 5.60 Å². The van der Waals surface area contributed by atoms with E-state index in [-0.39, 0.29) is 6.09 Å². The van der Waals surface area contributed by atoms with E-state index in [1.807, 2.05) is 43.9 Å². The van der Waals surface area contributed by atoms with Gasteiger partial charge in [0.2, 0.25) is 0 Å². The maximum Gasteiger partial charge on any atom is 0.410 e. The van der Waals surface area contributed by atoms with Crippen molar-refractivity contribution in [2.24, 2.45) is 0 Å². The Balaban J connectivity index is 1.54. The third-order valence-electron chi connectivity index (χ3n) is 6.02. The minimum atomic E-state index is -0.492. The fourth-order valence-electron chi connectivity index (χ4n) is 4.32. The smallest absolute Gasteiger partial charge is 0.410 e. The van der Waals surface area contributed by atoms with Crippen LogP contribution in [0.5, 0.6) is 0 Å². The second-order valence-corrected chi connectivity index (χ2v) is 9.69. The van der Waals surface area contributed by atoms with E-state index in [1.165, 1.54) is 11.1 Å². The van der Waals surface area contributed by atoms with E-state index >= 15 is 0 Å². The van der Waals surface area contributed by atoms with E-state index in [4.69, 9.17) is 10.00 Å². The molecule has 1 unspecified atom stereocenters. The molecule has 0 N–H and O–H groups in total. The molecule has 3 aromatic rings. The van der Waals surface area contributed by atoms with Crippen LogP contribution in [0.25, 0.3) is 22.9 Å². The van der Waals surface area contributed by atoms with Crippen LogP contribution < -0.4 is 0 Å². The average Bonchev–Trinajstić information content (AvgIpc) is 2.80. The Bertz CT molecular complexity index is 1260. The number of carbonyl (C=O) groups is 1. The lowest BCUT2D eigenvalue weighted by molar-refractivity contribution is 0.0204. The van der Waals surface area contributed by atoms with Crippen LogP contribution >= 0.6 is 0 Å². The fraction of sp³-hybridized carbons (Fsp3) is 0.310. The Kier molecular flexibility index (Phi) is 6.24. The zero-order chi connectivity index (χ0) is 23.6. The van der Waals surface area contributed by atoms with E-state index in [0.29, 0.717) is 24.6 Å². The van der Waals surface area contributed by atoms with Crippen molar-refractivity contribution < 1.29 is 9.53 Å². The van der Waals surface area contributed by atoms with Crippen molar-refractivity contribution in [2.75, 3.05) is 6.54 Å². The van der Waals surface area contributed by atoms with Crippen molar-refractivity contribution in [3.8, 4) is 6.07 Å². The number of carbonyl (C=O) groups excluding carboxylic acids is 1. The molecule has 0 radical (unpaired) electrons. The molecule has 0 saturated heterocycles. The molecular formula is C29H30N2O2. The molecule has 0 bridgehead atoms. The summed E-state index contributed by atoms with van der Waals surface area (Å²) in [4.78, 5) is 14.4. The monoisotopic (exact) mass is 438 g/mol. The molecule has 3 aromatic carbocycles. The van der Waals surface area contributed by atoms with Crippen LogP contribution in [0.15, 0.2) is 54.6 Å². The summed E-state index contributed by atoms with van der Waals surface area (Å²) in [5, 5.41) is 11.3. The van der Waals surface area contributed by atoms with Crippen LogP contribution in [0.3, 0.4) is 0 Å². The average molecular weight is 439 g/mol. The molecule has 1 heterocycles. The van der Waals surface area contributed by atoms with E-state index in [2.05, 4.69) is 61.5 Å². The van der Waals surface area contributed by atoms with Gasteiger partial charge in [-0.1, -0.05) is 55.5 Å². The number of amides is 1. The third-order valence-corrected chi connectivity index (χ3v) is 6.02. The predicted molar refractivity (Wildman–Crippen MR) is 134 cm³/mol. The highest BCUT2D eigenvalue weighted by atomic mass is 16.6. The van der Waals surface area contributed by atoms with Gasteiger partial charge in [-0.3, -0.25) is 0 Å². The predicted octanol–water partition coefficient (Wildman–Crippen LogP) is 7.13. The van der Waals surface area contributed by atoms with Crippen LogP contribution in [0.2, 0.25) is 0 Å². The maximum atomic E-state index is 12.6. The molecule has 0 saturated carbocycles. The molecule has 33 heavy (non-hydrogen) atoms. The Hall–Kier alpha value is -3.58. The molecule has 0 aromatic heterocycles. The molecular weight excluding hydrogens is 408 g/mol. The highest BCUT2D eigenvalue weighted by molar-refractivity contribution is 5.87. The summed E-state index contributed by atoms with van der Waals surface area (Å²) >= 11 is 0. The van der Waals surface area contributed by atoms with Gasteiger partial charge in [0.25, 0.3) is 0 Å². The summed E-state index contributed by atoms with van der Waals surface area (Å²) in [6.45, 7) is 9.14. The van der Waals surface area contributed by atoms with E-state index < -0.39 is 5.60 Å². The molecule has 4 rings (SSSR count). The van der Waals surface area contributed by atoms with E-state index in [9.17, 15) is 4.79 Å². The first-order valence-corrected chi connectivity index (χ1v) is 11.5. The second-order valence-electron chi connectivity index (χ2n) is 9.69. The highest BCUT2D eigenvalue weighted by Gasteiger charge is 2.30. The summed E-state index contributed by atoms with van der Waals surface area (Å²) in [6, 6.07) is 20.7. The van der Waals surface area contributed by atoms with Crippen molar-refractivity contribution in [1.29, 1.82) is 5.26 Å². The molecule has 1 atom stereocenters. The Labute approximate surface area is 196 Å². The van der Waals surface area contributed by atoms with Crippen molar-refractivity contribution in [3.05, 3.63) is 82.4 Å². The quantitative estimate of drug-likeness (QED) is 0.409. The van der Waals surface area contributed by atoms with Gasteiger partial charge >= 0.3 is 6.09 Å². The number of hydrogen-bond acceptors (Lipinski definition) is 3. The lowest BCUT2D eigenvalue weighted by Crippen LogP contribution is -2.41. The molecule has 0 aliphatic carbocycles. The van der Waals surface area contributed by atoms with Gasteiger partial charge in [-0.15, -0.1) is 0 Å². The topological polar surface area (TPSA) is 53.3 Å². The number of benzene rings is 3. The van der Waals surface area contributed by atoms with Crippen LogP contribution in [0.4, 0.5) is 4.79 Å². The Morgan fingerprint density at radius 2 is 1.73 bits per heavy atom. The van der Waals surface area contributed by atoms with Crippen molar-refractivity contribution >= 4 is 29.0 Å². The van der Waals surface area contributed by atoms with Gasteiger partial charge in [0, 0.05) is 19.0 Å². The first-order valence-electron chi connectivity index (χ1n) is 11.5. The number of nitriles is 1. The Morgan fingerprint density at radius 3 is 2.42 bits per heavy atom. The summed E-state index contributed by atoms with van der Waals surface area (Å²) in [6.07, 6.45) is 4.98. The van der Waals surface area contributed by atoms with Gasteiger partial charge in [-0.05, 0) is 78.4 Å². The standard InChI is InChI=1S/C29H30N2O2/c1-5-23-18-31(28(32)33-29(2,3)4)19-26-13-9-21(16-27(23)26)7-6-20-8-11-25-15-22(17-30)10-12-24(25)14-20/h6-16,23H,5,18-19H2,1-4H3. The number of fused-ring (bicyclic) bond motifs is 2. The van der Waals surface area contributed by atoms with Crippen LogP contribution in [0, 0.1) is 11.3 Å². The minimum absolute atomic E-state index is 0.242. The van der Waals surface area contributed by atoms with Crippen molar-refractivity contribution in [2.45, 2.75) is 52.2 Å². The highest BCUT2D eigenvalue weighted by Crippen LogP contribution is 2.32. The van der Waals surface area contributed by atoms with Crippen molar-refractivity contribution in [1.82, 2.24) is 4.90 Å². The van der Waals surface area contributed by atoms with E-state index in [1.54, 1.807) is 0 Å². The van der Waals surface area contributed by atoms with Crippen molar-refractivity contribution in [3.63, 3.8) is 0 Å². The summed E-state index contributed by atoms with van der Waals surface area (Å²) in [5.74, 6) is 0.296. The SMILES string of the molecule is CCC1CN(C(=O)OC(C)(C)C)Cc2ccc(C=Cc3ccc4cc(C#N)ccc4c3)cc21. The molecule has 0 spiro atoms. The lowest BCUT2D eigenvalue weighted by Gasteiger charge is -2.35. The van der Waals surface area contributed by atoms with Crippen LogP contribution in [-0.2, 0) is 11.3 Å². The minimum Gasteiger partial charge on any atom is -0.444 e. The summed E-state index contributed by atoms with van der Waals surface area (Å²) in [7, 11) is 0. The molecule has 4 nitrogen and oxygen atoms in total. The number of ether oxygens (including phenoxy) is 1. The van der Waals surface area contributed by atoms with E-state index in [0.717, 1.165) is 28.3 Å². The fourth-order valence-corrected chi connectivity index (χ4v) is 4.32. The maximum absolute atomic E-state index is 12.6. The van der Waals surface area contributed by atoms with Crippen LogP contribution in [0.1, 0.15) is 67.9 Å². The van der Waals surface area contributed by atoms with Crippen LogP contribution in [-0.4, -0.2) is 23.1 Å². The number of hydrogen-bond donors (Lipinski definition) is 0. The normalized spacial score (nSPS) is 16.0. The first-order chi connectivity index (χ1) is 15.8. The molecule has 0 fully saturated rings. The number of rotatable bonds is 3. The zero-order valence-corrected chi connectivity index (χ0v) is 19.8. The summed E-state index contributed by atoms with van der Waals surface area (Å²) < 4.78 is 5.60. The zero-order valence-electron chi connectivity index (χ0n) is 19.8. The molecule has 4 heteroatoms. The van der Waals surface area contributed by atoms with Gasteiger partial charge in [-0.25, -0.2) is 4.79 Å². The molecule has 1 amide bonds. The molecule has 1 aliphatic rings. The Morgan fingerprint density at radius 1 is 1.06 bits per heavy atom. The van der Waals surface area contributed by atoms with Gasteiger partial charge in [0.15, 0.2) is 0 Å². The largest absolute Gasteiger partial charge is 0.444 e.